The summed E-state index contributed by atoms with van der Waals surface area (Å²) in [4.78, 5) is 0. The Morgan fingerprint density at radius 3 is 2.35 bits per heavy atom. The van der Waals surface area contributed by atoms with Crippen LogP contribution in [0.25, 0.3) is 0 Å². The van der Waals surface area contributed by atoms with E-state index >= 15 is 0 Å². The Balaban J connectivity index is 2.63. The van der Waals surface area contributed by atoms with Gasteiger partial charge in [0.05, 0.1) is 11.8 Å². The van der Waals surface area contributed by atoms with Crippen molar-refractivity contribution >= 4 is 5.69 Å². The second-order valence-electron chi connectivity index (χ2n) is 4.73. The van der Waals surface area contributed by atoms with Crippen molar-refractivity contribution in [3.63, 3.8) is 0 Å². The molecule has 2 nitrogen and oxygen atoms in total. The first-order chi connectivity index (χ1) is 8.17. The molecular weight excluding hydrogens is 210 g/mol. The number of hydrogen-bond donors (Lipinski definition) is 1. The van der Waals surface area contributed by atoms with E-state index < -0.39 is 0 Å². The molecule has 0 unspecified atom stereocenters. The van der Waals surface area contributed by atoms with Crippen LogP contribution in [0.4, 0.5) is 5.69 Å². The van der Waals surface area contributed by atoms with E-state index in [4.69, 9.17) is 4.74 Å². The molecule has 0 aliphatic carbocycles. The first-order valence-electron chi connectivity index (χ1n) is 6.66. The van der Waals surface area contributed by atoms with Crippen molar-refractivity contribution in [1.29, 1.82) is 0 Å². The molecule has 1 aromatic rings. The molecule has 0 saturated heterocycles. The third kappa shape index (κ3) is 4.68. The van der Waals surface area contributed by atoms with Gasteiger partial charge in [-0.25, -0.2) is 0 Å². The van der Waals surface area contributed by atoms with Gasteiger partial charge < -0.3 is 10.1 Å². The van der Waals surface area contributed by atoms with Crippen molar-refractivity contribution in [2.75, 3.05) is 11.9 Å². The summed E-state index contributed by atoms with van der Waals surface area (Å²) in [5, 5.41) is 3.50. The number of benzene rings is 1. The van der Waals surface area contributed by atoms with Crippen LogP contribution in [0.2, 0.25) is 0 Å². The second kappa shape index (κ2) is 7.21. The number of nitrogens with one attached hydrogen (secondary N) is 1. The van der Waals surface area contributed by atoms with Crippen molar-refractivity contribution in [2.24, 2.45) is 5.92 Å². The van der Waals surface area contributed by atoms with Gasteiger partial charge in [0.2, 0.25) is 0 Å². The maximum absolute atomic E-state index is 5.78. The maximum atomic E-state index is 5.78. The summed E-state index contributed by atoms with van der Waals surface area (Å²) in [5.74, 6) is 1.69. The summed E-state index contributed by atoms with van der Waals surface area (Å²) in [6, 6.07) is 8.16. The highest BCUT2D eigenvalue weighted by atomic mass is 16.5. The van der Waals surface area contributed by atoms with Gasteiger partial charge in [0, 0.05) is 6.54 Å². The lowest BCUT2D eigenvalue weighted by Crippen LogP contribution is -2.14. The summed E-state index contributed by atoms with van der Waals surface area (Å²) in [6.45, 7) is 9.61. The van der Waals surface area contributed by atoms with Gasteiger partial charge in [0.15, 0.2) is 0 Å². The SMILES string of the molecule is CCC(CC)CNc1ccccc1OC(C)C. The van der Waals surface area contributed by atoms with Gasteiger partial charge in [-0.05, 0) is 31.9 Å². The Labute approximate surface area is 105 Å². The van der Waals surface area contributed by atoms with E-state index in [0.717, 1.165) is 23.9 Å². The third-order valence-electron chi connectivity index (χ3n) is 2.99. The van der Waals surface area contributed by atoms with Crippen molar-refractivity contribution in [2.45, 2.75) is 46.6 Å². The molecule has 0 radical (unpaired) electrons. The van der Waals surface area contributed by atoms with Gasteiger partial charge in [-0.15, -0.1) is 0 Å². The number of hydrogen-bond acceptors (Lipinski definition) is 2. The van der Waals surface area contributed by atoms with Gasteiger partial charge in [-0.1, -0.05) is 38.8 Å². The summed E-state index contributed by atoms with van der Waals surface area (Å²) in [5.41, 5.74) is 1.10. The third-order valence-corrected chi connectivity index (χ3v) is 2.99. The van der Waals surface area contributed by atoms with E-state index in [1.807, 2.05) is 18.2 Å². The fourth-order valence-electron chi connectivity index (χ4n) is 1.80. The Bertz CT molecular complexity index is 318. The zero-order chi connectivity index (χ0) is 12.7. The maximum Gasteiger partial charge on any atom is 0.142 e. The Morgan fingerprint density at radius 2 is 1.76 bits per heavy atom. The smallest absolute Gasteiger partial charge is 0.142 e. The predicted molar refractivity (Wildman–Crippen MR) is 74.8 cm³/mol. The summed E-state index contributed by atoms with van der Waals surface area (Å²) in [7, 11) is 0. The van der Waals surface area contributed by atoms with Gasteiger partial charge >= 0.3 is 0 Å². The van der Waals surface area contributed by atoms with E-state index in [2.05, 4.69) is 39.1 Å². The molecule has 17 heavy (non-hydrogen) atoms. The van der Waals surface area contributed by atoms with Crippen LogP contribution in [0.15, 0.2) is 24.3 Å². The minimum Gasteiger partial charge on any atom is -0.489 e. The van der Waals surface area contributed by atoms with Crippen LogP contribution in [-0.2, 0) is 0 Å². The first-order valence-corrected chi connectivity index (χ1v) is 6.66. The molecule has 0 aliphatic rings. The van der Waals surface area contributed by atoms with Gasteiger partial charge in [0.1, 0.15) is 5.75 Å². The molecule has 96 valence electrons. The number of ether oxygens (including phenoxy) is 1. The van der Waals surface area contributed by atoms with Crippen molar-refractivity contribution in [1.82, 2.24) is 0 Å². The minimum absolute atomic E-state index is 0.214. The van der Waals surface area contributed by atoms with Crippen LogP contribution in [0.5, 0.6) is 5.75 Å². The lowest BCUT2D eigenvalue weighted by atomic mass is 10.0. The van der Waals surface area contributed by atoms with Crippen molar-refractivity contribution in [3.8, 4) is 5.75 Å². The fourth-order valence-corrected chi connectivity index (χ4v) is 1.80. The molecule has 0 amide bonds. The van der Waals surface area contributed by atoms with E-state index in [9.17, 15) is 0 Å². The van der Waals surface area contributed by atoms with Gasteiger partial charge in [0.25, 0.3) is 0 Å². The zero-order valence-corrected chi connectivity index (χ0v) is 11.5. The van der Waals surface area contributed by atoms with Crippen molar-refractivity contribution in [3.05, 3.63) is 24.3 Å². The Hall–Kier alpha value is -1.18. The fraction of sp³-hybridized carbons (Fsp3) is 0.600. The minimum atomic E-state index is 0.214. The van der Waals surface area contributed by atoms with Crippen LogP contribution in [-0.4, -0.2) is 12.6 Å². The predicted octanol–water partition coefficient (Wildman–Crippen LogP) is 4.32. The first kappa shape index (κ1) is 13.9. The zero-order valence-electron chi connectivity index (χ0n) is 11.5. The number of anilines is 1. The highest BCUT2D eigenvalue weighted by Crippen LogP contribution is 2.25. The molecule has 0 saturated carbocycles. The molecule has 1 rings (SSSR count). The topological polar surface area (TPSA) is 21.3 Å². The van der Waals surface area contributed by atoms with E-state index in [0.29, 0.717) is 0 Å². The van der Waals surface area contributed by atoms with Gasteiger partial charge in [-0.3, -0.25) is 0 Å². The van der Waals surface area contributed by atoms with Crippen LogP contribution in [0, 0.1) is 5.92 Å². The summed E-state index contributed by atoms with van der Waals surface area (Å²) < 4.78 is 5.78. The standard InChI is InChI=1S/C15H25NO/c1-5-13(6-2)11-16-14-9-7-8-10-15(14)17-12(3)4/h7-10,12-13,16H,5-6,11H2,1-4H3. The molecule has 1 N–H and O–H groups in total. The molecule has 0 fully saturated rings. The monoisotopic (exact) mass is 235 g/mol. The largest absolute Gasteiger partial charge is 0.489 e. The van der Waals surface area contributed by atoms with Crippen LogP contribution < -0.4 is 10.1 Å². The normalized spacial score (nSPS) is 10.9. The molecule has 0 spiro atoms. The highest BCUT2D eigenvalue weighted by molar-refractivity contribution is 5.56. The Morgan fingerprint density at radius 1 is 1.12 bits per heavy atom. The second-order valence-corrected chi connectivity index (χ2v) is 4.73. The molecule has 1 aromatic carbocycles. The van der Waals surface area contributed by atoms with Crippen LogP contribution >= 0.6 is 0 Å². The average molecular weight is 235 g/mol. The summed E-state index contributed by atoms with van der Waals surface area (Å²) in [6.07, 6.45) is 2.65. The quantitative estimate of drug-likeness (QED) is 0.760. The average Bonchev–Trinajstić information content (AvgIpc) is 2.31. The molecule has 0 atom stereocenters. The number of para-hydroxylation sites is 2. The number of rotatable bonds is 7. The van der Waals surface area contributed by atoms with E-state index in [1.165, 1.54) is 12.8 Å². The lowest BCUT2D eigenvalue weighted by Gasteiger charge is -2.18. The van der Waals surface area contributed by atoms with E-state index in [-0.39, 0.29) is 6.10 Å². The Kier molecular flexibility index (Phi) is 5.88. The lowest BCUT2D eigenvalue weighted by molar-refractivity contribution is 0.243. The van der Waals surface area contributed by atoms with Crippen LogP contribution in [0.1, 0.15) is 40.5 Å². The summed E-state index contributed by atoms with van der Waals surface area (Å²) >= 11 is 0. The molecule has 0 aliphatic heterocycles. The molecule has 2 heteroatoms. The highest BCUT2D eigenvalue weighted by Gasteiger charge is 2.07. The molecule has 0 bridgehead atoms. The van der Waals surface area contributed by atoms with E-state index in [1.54, 1.807) is 0 Å². The molecular formula is C15H25NO. The molecule has 0 aromatic heterocycles. The molecule has 0 heterocycles. The van der Waals surface area contributed by atoms with Crippen molar-refractivity contribution < 1.29 is 4.74 Å². The van der Waals surface area contributed by atoms with Crippen LogP contribution in [0.3, 0.4) is 0 Å². The van der Waals surface area contributed by atoms with Gasteiger partial charge in [-0.2, -0.15) is 0 Å².